The Kier molecular flexibility index (Phi) is 5.02. The molecule has 0 aliphatic carbocycles. The fourth-order valence-corrected chi connectivity index (χ4v) is 2.35. The molecule has 0 aliphatic heterocycles. The van der Waals surface area contributed by atoms with Crippen LogP contribution in [0.5, 0.6) is 0 Å². The highest BCUT2D eigenvalue weighted by Crippen LogP contribution is 2.19. The summed E-state index contributed by atoms with van der Waals surface area (Å²) in [5, 5.41) is 12.0. The lowest BCUT2D eigenvalue weighted by atomic mass is 10.1. The van der Waals surface area contributed by atoms with E-state index in [4.69, 9.17) is 0 Å². The highest BCUT2D eigenvalue weighted by atomic mass is 32.1. The van der Waals surface area contributed by atoms with Gasteiger partial charge in [-0.15, -0.1) is 10.2 Å². The van der Waals surface area contributed by atoms with Gasteiger partial charge in [0.05, 0.1) is 0 Å². The Bertz CT molecular complexity index is 641. The van der Waals surface area contributed by atoms with Crippen molar-refractivity contribution in [1.82, 2.24) is 20.2 Å². The van der Waals surface area contributed by atoms with Crippen LogP contribution in [0.2, 0.25) is 0 Å². The van der Waals surface area contributed by atoms with Crippen molar-refractivity contribution >= 4 is 28.3 Å². The Labute approximate surface area is 133 Å². The monoisotopic (exact) mass is 320 g/mol. The minimum absolute atomic E-state index is 0.210. The summed E-state index contributed by atoms with van der Waals surface area (Å²) in [7, 11) is 3.69. The number of carbonyl (C=O) groups excluding carboxylic acids is 1. The van der Waals surface area contributed by atoms with Gasteiger partial charge in [0.15, 0.2) is 0 Å². The summed E-state index contributed by atoms with van der Waals surface area (Å²) in [6.45, 7) is 6.05. The fraction of sp³-hybridized carbons (Fsp3) is 0.500. The molecular weight excluding hydrogens is 300 g/mol. The topological polar surface area (TPSA) is 83.9 Å². The molecule has 0 aromatic carbocycles. The number of rotatable bonds is 5. The first-order valence-corrected chi connectivity index (χ1v) is 7.92. The molecule has 0 bridgehead atoms. The first-order valence-electron chi connectivity index (χ1n) is 7.10. The van der Waals surface area contributed by atoms with E-state index in [0.717, 1.165) is 17.1 Å². The SMILES string of the molecule is CCc1nnc(NC(=O)c2cc(C(C)C)nc(N(C)C)n2)s1. The van der Waals surface area contributed by atoms with Gasteiger partial charge in [0.2, 0.25) is 11.1 Å². The van der Waals surface area contributed by atoms with Crippen LogP contribution in [0.4, 0.5) is 11.1 Å². The predicted octanol–water partition coefficient (Wildman–Crippen LogP) is 2.33. The third-order valence-corrected chi connectivity index (χ3v) is 3.93. The number of carbonyl (C=O) groups is 1. The highest BCUT2D eigenvalue weighted by Gasteiger charge is 2.16. The Balaban J connectivity index is 2.27. The van der Waals surface area contributed by atoms with Crippen LogP contribution in [0, 0.1) is 0 Å². The number of anilines is 2. The highest BCUT2D eigenvalue weighted by molar-refractivity contribution is 7.15. The number of nitrogens with one attached hydrogen (secondary N) is 1. The van der Waals surface area contributed by atoms with Crippen molar-refractivity contribution in [3.8, 4) is 0 Å². The average Bonchev–Trinajstić information content (AvgIpc) is 2.94. The maximum absolute atomic E-state index is 12.4. The van der Waals surface area contributed by atoms with Crippen LogP contribution in [0.25, 0.3) is 0 Å². The number of hydrogen-bond acceptors (Lipinski definition) is 7. The molecule has 0 atom stereocenters. The van der Waals surface area contributed by atoms with Gasteiger partial charge in [-0.2, -0.15) is 0 Å². The van der Waals surface area contributed by atoms with Gasteiger partial charge in [0.25, 0.3) is 5.91 Å². The number of aryl methyl sites for hydroxylation is 1. The van der Waals surface area contributed by atoms with E-state index < -0.39 is 0 Å². The van der Waals surface area contributed by atoms with Crippen molar-refractivity contribution < 1.29 is 4.79 Å². The first kappa shape index (κ1) is 16.3. The maximum atomic E-state index is 12.4. The average molecular weight is 320 g/mol. The number of amides is 1. The zero-order chi connectivity index (χ0) is 16.3. The normalized spacial score (nSPS) is 10.8. The zero-order valence-electron chi connectivity index (χ0n) is 13.4. The Morgan fingerprint density at radius 2 is 2.05 bits per heavy atom. The van der Waals surface area contributed by atoms with Crippen LogP contribution in [0.3, 0.4) is 0 Å². The smallest absolute Gasteiger partial charge is 0.276 e. The zero-order valence-corrected chi connectivity index (χ0v) is 14.2. The molecule has 2 aromatic heterocycles. The second kappa shape index (κ2) is 6.78. The van der Waals surface area contributed by atoms with Gasteiger partial charge < -0.3 is 4.90 Å². The molecule has 118 valence electrons. The van der Waals surface area contributed by atoms with E-state index in [2.05, 4.69) is 25.5 Å². The number of hydrogen-bond donors (Lipinski definition) is 1. The maximum Gasteiger partial charge on any atom is 0.276 e. The minimum Gasteiger partial charge on any atom is -0.347 e. The van der Waals surface area contributed by atoms with E-state index in [-0.39, 0.29) is 11.8 Å². The van der Waals surface area contributed by atoms with Crippen LogP contribution in [-0.2, 0) is 6.42 Å². The van der Waals surface area contributed by atoms with Crippen molar-refractivity contribution in [3.05, 3.63) is 22.5 Å². The van der Waals surface area contributed by atoms with Crippen LogP contribution in [0.15, 0.2) is 6.07 Å². The van der Waals surface area contributed by atoms with Crippen LogP contribution in [0.1, 0.15) is 47.9 Å². The molecule has 0 spiro atoms. The lowest BCUT2D eigenvalue weighted by Gasteiger charge is -2.14. The second-order valence-corrected chi connectivity index (χ2v) is 6.40. The van der Waals surface area contributed by atoms with E-state index in [9.17, 15) is 4.79 Å². The molecule has 7 nitrogen and oxygen atoms in total. The molecule has 1 amide bonds. The molecule has 0 aliphatic rings. The lowest BCUT2D eigenvalue weighted by molar-refractivity contribution is 0.102. The lowest BCUT2D eigenvalue weighted by Crippen LogP contribution is -2.19. The molecule has 8 heteroatoms. The standard InChI is InChI=1S/C14H20N6OS/c1-6-11-18-19-14(22-11)17-12(21)10-7-9(8(2)3)15-13(16-10)20(4)5/h7-8H,6H2,1-5H3,(H,17,19,21). The first-order chi connectivity index (χ1) is 10.4. The van der Waals surface area contributed by atoms with Gasteiger partial charge in [0, 0.05) is 19.8 Å². The fourth-order valence-electron chi connectivity index (χ4n) is 1.67. The minimum atomic E-state index is -0.300. The molecule has 2 rings (SSSR count). The molecule has 22 heavy (non-hydrogen) atoms. The number of nitrogens with zero attached hydrogens (tertiary/aromatic N) is 5. The Morgan fingerprint density at radius 1 is 1.32 bits per heavy atom. The summed E-state index contributed by atoms with van der Waals surface area (Å²) in [4.78, 5) is 22.9. The van der Waals surface area contributed by atoms with Gasteiger partial charge >= 0.3 is 0 Å². The van der Waals surface area contributed by atoms with Crippen molar-refractivity contribution in [2.45, 2.75) is 33.1 Å². The van der Waals surface area contributed by atoms with Gasteiger partial charge in [-0.3, -0.25) is 10.1 Å². The van der Waals surface area contributed by atoms with E-state index in [1.165, 1.54) is 11.3 Å². The van der Waals surface area contributed by atoms with Gasteiger partial charge in [0.1, 0.15) is 10.7 Å². The molecule has 0 radical (unpaired) electrons. The summed E-state index contributed by atoms with van der Waals surface area (Å²) in [5.41, 5.74) is 1.16. The van der Waals surface area contributed by atoms with Crippen molar-refractivity contribution in [2.75, 3.05) is 24.3 Å². The summed E-state index contributed by atoms with van der Waals surface area (Å²) in [6, 6.07) is 1.72. The summed E-state index contributed by atoms with van der Waals surface area (Å²) >= 11 is 1.37. The van der Waals surface area contributed by atoms with E-state index in [1.54, 1.807) is 11.0 Å². The third kappa shape index (κ3) is 3.76. The second-order valence-electron chi connectivity index (χ2n) is 5.34. The largest absolute Gasteiger partial charge is 0.347 e. The molecular formula is C14H20N6OS. The van der Waals surface area contributed by atoms with Crippen molar-refractivity contribution in [2.24, 2.45) is 0 Å². The Hall–Kier alpha value is -2.09. The molecule has 1 N–H and O–H groups in total. The summed E-state index contributed by atoms with van der Waals surface area (Å²) in [6.07, 6.45) is 0.795. The van der Waals surface area contributed by atoms with Gasteiger partial charge in [-0.1, -0.05) is 32.1 Å². The molecule has 0 fully saturated rings. The summed E-state index contributed by atoms with van der Waals surface area (Å²) in [5.74, 6) is 0.426. The van der Waals surface area contributed by atoms with Crippen LogP contribution >= 0.6 is 11.3 Å². The molecule has 2 heterocycles. The van der Waals surface area contributed by atoms with Crippen molar-refractivity contribution in [3.63, 3.8) is 0 Å². The molecule has 2 aromatic rings. The molecule has 0 saturated heterocycles. The molecule has 0 unspecified atom stereocenters. The van der Waals surface area contributed by atoms with Crippen molar-refractivity contribution in [1.29, 1.82) is 0 Å². The van der Waals surface area contributed by atoms with Crippen LogP contribution < -0.4 is 10.2 Å². The number of aromatic nitrogens is 4. The predicted molar refractivity (Wildman–Crippen MR) is 87.7 cm³/mol. The van der Waals surface area contributed by atoms with Crippen LogP contribution in [-0.4, -0.2) is 40.2 Å². The Morgan fingerprint density at radius 3 is 2.59 bits per heavy atom. The third-order valence-electron chi connectivity index (χ3n) is 2.95. The van der Waals surface area contributed by atoms with Gasteiger partial charge in [-0.25, -0.2) is 9.97 Å². The van der Waals surface area contributed by atoms with E-state index in [1.807, 2.05) is 34.9 Å². The van der Waals surface area contributed by atoms with Gasteiger partial charge in [-0.05, 0) is 18.4 Å². The molecule has 0 saturated carbocycles. The van der Waals surface area contributed by atoms with E-state index in [0.29, 0.717) is 16.8 Å². The quantitative estimate of drug-likeness (QED) is 0.910. The van der Waals surface area contributed by atoms with E-state index >= 15 is 0 Å². The summed E-state index contributed by atoms with van der Waals surface area (Å²) < 4.78 is 0.